The molecule has 1 saturated carbocycles. The molecule has 1 aliphatic heterocycles. The lowest BCUT2D eigenvalue weighted by Gasteiger charge is -2.33. The lowest BCUT2D eigenvalue weighted by atomic mass is 9.83. The first kappa shape index (κ1) is 11.5. The SMILES string of the molecule is CC(C)C1C(C)CC2C3C=CC=CC3N(C)C21. The van der Waals surface area contributed by atoms with E-state index in [0.717, 1.165) is 35.6 Å². The van der Waals surface area contributed by atoms with Gasteiger partial charge in [-0.1, -0.05) is 45.1 Å². The van der Waals surface area contributed by atoms with E-state index in [1.807, 2.05) is 0 Å². The van der Waals surface area contributed by atoms with Crippen LogP contribution in [0.25, 0.3) is 0 Å². The molecule has 0 spiro atoms. The van der Waals surface area contributed by atoms with Crippen LogP contribution in [0.1, 0.15) is 27.2 Å². The maximum Gasteiger partial charge on any atom is 0.0347 e. The minimum Gasteiger partial charge on any atom is -0.296 e. The molecule has 0 amide bonds. The van der Waals surface area contributed by atoms with Crippen LogP contribution in [0.4, 0.5) is 0 Å². The molecule has 0 aromatic carbocycles. The minimum atomic E-state index is 0.670. The third kappa shape index (κ3) is 1.55. The summed E-state index contributed by atoms with van der Waals surface area (Å²) in [6, 6.07) is 1.48. The molecule has 94 valence electrons. The summed E-state index contributed by atoms with van der Waals surface area (Å²) in [5.74, 6) is 4.27. The van der Waals surface area contributed by atoms with E-state index in [0.29, 0.717) is 6.04 Å². The summed E-state index contributed by atoms with van der Waals surface area (Å²) in [6.07, 6.45) is 10.8. The molecule has 1 heteroatoms. The van der Waals surface area contributed by atoms with Gasteiger partial charge < -0.3 is 0 Å². The van der Waals surface area contributed by atoms with Crippen molar-refractivity contribution in [3.63, 3.8) is 0 Å². The number of likely N-dealkylation sites (N-methyl/N-ethyl adjacent to an activating group) is 1. The molecule has 1 nitrogen and oxygen atoms in total. The molecule has 0 aromatic heterocycles. The number of fused-ring (bicyclic) bond motifs is 3. The van der Waals surface area contributed by atoms with Crippen molar-refractivity contribution < 1.29 is 0 Å². The highest BCUT2D eigenvalue weighted by molar-refractivity contribution is 5.24. The molecule has 1 saturated heterocycles. The second kappa shape index (κ2) is 3.98. The summed E-state index contributed by atoms with van der Waals surface area (Å²) in [6.45, 7) is 7.28. The fraction of sp³-hybridized carbons (Fsp3) is 0.750. The van der Waals surface area contributed by atoms with Gasteiger partial charge in [0.25, 0.3) is 0 Å². The molecule has 6 atom stereocenters. The molecule has 3 aliphatic rings. The van der Waals surface area contributed by atoms with Crippen molar-refractivity contribution in [1.29, 1.82) is 0 Å². The Balaban J connectivity index is 1.93. The lowest BCUT2D eigenvalue weighted by Crippen LogP contribution is -2.39. The quantitative estimate of drug-likeness (QED) is 0.669. The van der Waals surface area contributed by atoms with Gasteiger partial charge in [0.15, 0.2) is 0 Å². The first-order valence-electron chi connectivity index (χ1n) is 7.18. The summed E-state index contributed by atoms with van der Waals surface area (Å²) >= 11 is 0. The van der Waals surface area contributed by atoms with Crippen LogP contribution >= 0.6 is 0 Å². The van der Waals surface area contributed by atoms with Crippen molar-refractivity contribution in [3.05, 3.63) is 24.3 Å². The lowest BCUT2D eigenvalue weighted by molar-refractivity contribution is 0.153. The number of hydrogen-bond acceptors (Lipinski definition) is 1. The molecule has 6 unspecified atom stereocenters. The van der Waals surface area contributed by atoms with Gasteiger partial charge in [-0.05, 0) is 37.1 Å². The van der Waals surface area contributed by atoms with E-state index in [-0.39, 0.29) is 0 Å². The molecule has 3 rings (SSSR count). The van der Waals surface area contributed by atoms with Crippen LogP contribution in [0, 0.1) is 29.6 Å². The van der Waals surface area contributed by atoms with Crippen LogP contribution in [0.15, 0.2) is 24.3 Å². The maximum absolute atomic E-state index is 2.67. The number of allylic oxidation sites excluding steroid dienone is 2. The van der Waals surface area contributed by atoms with E-state index in [1.54, 1.807) is 0 Å². The van der Waals surface area contributed by atoms with Gasteiger partial charge in [0.1, 0.15) is 0 Å². The Kier molecular flexibility index (Phi) is 2.70. The normalized spacial score (nSPS) is 48.8. The molecular weight excluding hydrogens is 206 g/mol. The van der Waals surface area contributed by atoms with Gasteiger partial charge in [-0.25, -0.2) is 0 Å². The summed E-state index contributed by atoms with van der Waals surface area (Å²) in [4.78, 5) is 2.67. The average Bonchev–Trinajstić information content (AvgIpc) is 2.76. The van der Waals surface area contributed by atoms with E-state index in [9.17, 15) is 0 Å². The second-order valence-electron chi connectivity index (χ2n) is 6.69. The molecule has 0 aromatic rings. The first-order valence-corrected chi connectivity index (χ1v) is 7.18. The highest BCUT2D eigenvalue weighted by Crippen LogP contribution is 2.53. The molecule has 0 N–H and O–H groups in total. The Bertz CT molecular complexity index is 355. The van der Waals surface area contributed by atoms with Gasteiger partial charge in [0.05, 0.1) is 0 Å². The number of rotatable bonds is 1. The van der Waals surface area contributed by atoms with Crippen molar-refractivity contribution in [1.82, 2.24) is 4.90 Å². The van der Waals surface area contributed by atoms with Gasteiger partial charge in [0, 0.05) is 18.0 Å². The molecule has 2 fully saturated rings. The summed E-state index contributed by atoms with van der Waals surface area (Å²) in [5, 5.41) is 0. The summed E-state index contributed by atoms with van der Waals surface area (Å²) < 4.78 is 0. The molecule has 17 heavy (non-hydrogen) atoms. The monoisotopic (exact) mass is 231 g/mol. The molecule has 1 heterocycles. The van der Waals surface area contributed by atoms with Crippen molar-refractivity contribution in [3.8, 4) is 0 Å². The predicted molar refractivity (Wildman–Crippen MR) is 72.7 cm³/mol. The van der Waals surface area contributed by atoms with E-state index < -0.39 is 0 Å². The van der Waals surface area contributed by atoms with E-state index in [1.165, 1.54) is 6.42 Å². The van der Waals surface area contributed by atoms with Crippen LogP contribution in [0.5, 0.6) is 0 Å². The number of nitrogens with zero attached hydrogens (tertiary/aromatic N) is 1. The van der Waals surface area contributed by atoms with Gasteiger partial charge in [0.2, 0.25) is 0 Å². The van der Waals surface area contributed by atoms with Gasteiger partial charge in [-0.15, -0.1) is 0 Å². The van der Waals surface area contributed by atoms with Crippen molar-refractivity contribution >= 4 is 0 Å². The largest absolute Gasteiger partial charge is 0.296 e. The zero-order valence-corrected chi connectivity index (χ0v) is 11.5. The van der Waals surface area contributed by atoms with Crippen LogP contribution in [0.3, 0.4) is 0 Å². The van der Waals surface area contributed by atoms with Gasteiger partial charge >= 0.3 is 0 Å². The Morgan fingerprint density at radius 2 is 1.88 bits per heavy atom. The van der Waals surface area contributed by atoms with Crippen LogP contribution in [-0.4, -0.2) is 24.0 Å². The topological polar surface area (TPSA) is 3.24 Å². The zero-order valence-electron chi connectivity index (χ0n) is 11.5. The van der Waals surface area contributed by atoms with Gasteiger partial charge in [-0.2, -0.15) is 0 Å². The maximum atomic E-state index is 2.67. The minimum absolute atomic E-state index is 0.670. The third-order valence-electron chi connectivity index (χ3n) is 5.49. The second-order valence-corrected chi connectivity index (χ2v) is 6.69. The molecule has 0 radical (unpaired) electrons. The third-order valence-corrected chi connectivity index (χ3v) is 5.49. The first-order chi connectivity index (χ1) is 8.11. The summed E-state index contributed by atoms with van der Waals surface area (Å²) in [7, 11) is 2.35. The number of hydrogen-bond donors (Lipinski definition) is 0. The fourth-order valence-electron chi connectivity index (χ4n) is 4.97. The fourth-order valence-corrected chi connectivity index (χ4v) is 4.97. The highest BCUT2D eigenvalue weighted by atomic mass is 15.2. The van der Waals surface area contributed by atoms with E-state index in [4.69, 9.17) is 0 Å². The van der Waals surface area contributed by atoms with Crippen molar-refractivity contribution in [2.75, 3.05) is 7.05 Å². The van der Waals surface area contributed by atoms with Crippen LogP contribution in [-0.2, 0) is 0 Å². The standard InChI is InChI=1S/C16H25N/c1-10(2)15-11(3)9-13-12-7-5-6-8-14(12)17(4)16(13)15/h5-8,10-16H,9H2,1-4H3. The Hall–Kier alpha value is -0.560. The van der Waals surface area contributed by atoms with E-state index in [2.05, 4.69) is 57.0 Å². The Labute approximate surface area is 106 Å². The average molecular weight is 231 g/mol. The van der Waals surface area contributed by atoms with E-state index >= 15 is 0 Å². The van der Waals surface area contributed by atoms with Crippen LogP contribution < -0.4 is 0 Å². The summed E-state index contributed by atoms with van der Waals surface area (Å²) in [5.41, 5.74) is 0. The van der Waals surface area contributed by atoms with Crippen molar-refractivity contribution in [2.45, 2.75) is 39.3 Å². The Morgan fingerprint density at radius 3 is 2.59 bits per heavy atom. The molecular formula is C16H25N. The van der Waals surface area contributed by atoms with Crippen LogP contribution in [0.2, 0.25) is 0 Å². The van der Waals surface area contributed by atoms with Gasteiger partial charge in [-0.3, -0.25) is 4.90 Å². The predicted octanol–water partition coefficient (Wildman–Crippen LogP) is 3.34. The smallest absolute Gasteiger partial charge is 0.0347 e. The van der Waals surface area contributed by atoms with Crippen molar-refractivity contribution in [2.24, 2.45) is 29.6 Å². The number of likely N-dealkylation sites (tertiary alicyclic amines) is 1. The zero-order chi connectivity index (χ0) is 12.2. The highest BCUT2D eigenvalue weighted by Gasteiger charge is 2.54. The molecule has 0 bridgehead atoms. The molecule has 2 aliphatic carbocycles. The Morgan fingerprint density at radius 1 is 1.18 bits per heavy atom.